The average molecular weight is 284 g/mol. The van der Waals surface area contributed by atoms with Crippen LogP contribution in [0.4, 0.5) is 10.1 Å². The minimum absolute atomic E-state index is 0.257. The summed E-state index contributed by atoms with van der Waals surface area (Å²) in [5.74, 6) is -0.257. The van der Waals surface area contributed by atoms with Crippen molar-refractivity contribution < 1.29 is 4.39 Å². The van der Waals surface area contributed by atoms with Gasteiger partial charge in [-0.15, -0.1) is 0 Å². The summed E-state index contributed by atoms with van der Waals surface area (Å²) in [7, 11) is 0. The number of aryl methyl sites for hydroxylation is 1. The standard InChI is InChI=1S/C14H12Cl2FN/c1-9-2-3-13(17)7-14(9)18-8-10-4-11(15)6-12(16)5-10/h2-7,18H,8H2,1H3. The quantitative estimate of drug-likeness (QED) is 0.831. The fraction of sp³-hybridized carbons (Fsp3) is 0.143. The van der Waals surface area contributed by atoms with Crippen LogP contribution in [-0.2, 0) is 6.54 Å². The SMILES string of the molecule is Cc1ccc(F)cc1NCc1cc(Cl)cc(Cl)c1. The summed E-state index contributed by atoms with van der Waals surface area (Å²) < 4.78 is 13.1. The number of benzene rings is 2. The summed E-state index contributed by atoms with van der Waals surface area (Å²) in [6, 6.07) is 9.99. The highest BCUT2D eigenvalue weighted by molar-refractivity contribution is 6.34. The molecule has 2 rings (SSSR count). The van der Waals surface area contributed by atoms with E-state index in [4.69, 9.17) is 23.2 Å². The van der Waals surface area contributed by atoms with Gasteiger partial charge in [-0.1, -0.05) is 29.3 Å². The van der Waals surface area contributed by atoms with E-state index in [9.17, 15) is 4.39 Å². The van der Waals surface area contributed by atoms with Crippen LogP contribution in [0.3, 0.4) is 0 Å². The molecule has 0 spiro atoms. The van der Waals surface area contributed by atoms with Crippen molar-refractivity contribution in [2.24, 2.45) is 0 Å². The van der Waals surface area contributed by atoms with Crippen molar-refractivity contribution in [1.82, 2.24) is 0 Å². The molecule has 0 aliphatic rings. The summed E-state index contributed by atoms with van der Waals surface area (Å²) >= 11 is 11.8. The zero-order chi connectivity index (χ0) is 13.1. The van der Waals surface area contributed by atoms with E-state index in [0.717, 1.165) is 16.8 Å². The predicted molar refractivity (Wildman–Crippen MR) is 74.9 cm³/mol. The van der Waals surface area contributed by atoms with Crippen molar-refractivity contribution >= 4 is 28.9 Å². The topological polar surface area (TPSA) is 12.0 Å². The first kappa shape index (κ1) is 13.2. The lowest BCUT2D eigenvalue weighted by Crippen LogP contribution is -2.01. The van der Waals surface area contributed by atoms with Crippen molar-refractivity contribution in [1.29, 1.82) is 0 Å². The number of anilines is 1. The predicted octanol–water partition coefficient (Wildman–Crippen LogP) is 5.05. The van der Waals surface area contributed by atoms with Crippen LogP contribution in [-0.4, -0.2) is 0 Å². The second-order valence-electron chi connectivity index (χ2n) is 4.09. The van der Waals surface area contributed by atoms with Crippen molar-refractivity contribution in [3.05, 3.63) is 63.4 Å². The van der Waals surface area contributed by atoms with Crippen molar-refractivity contribution in [2.45, 2.75) is 13.5 Å². The number of hydrogen-bond acceptors (Lipinski definition) is 1. The summed E-state index contributed by atoms with van der Waals surface area (Å²) in [6.45, 7) is 2.47. The molecule has 18 heavy (non-hydrogen) atoms. The molecule has 0 fully saturated rings. The number of nitrogens with one attached hydrogen (secondary N) is 1. The fourth-order valence-corrected chi connectivity index (χ4v) is 2.27. The van der Waals surface area contributed by atoms with Gasteiger partial charge in [-0.05, 0) is 48.4 Å². The van der Waals surface area contributed by atoms with Crippen LogP contribution >= 0.6 is 23.2 Å². The molecule has 0 saturated heterocycles. The molecule has 0 aliphatic heterocycles. The molecule has 1 N–H and O–H groups in total. The van der Waals surface area contributed by atoms with E-state index in [0.29, 0.717) is 16.6 Å². The fourth-order valence-electron chi connectivity index (χ4n) is 1.69. The van der Waals surface area contributed by atoms with E-state index in [-0.39, 0.29) is 5.82 Å². The number of halogens is 3. The van der Waals surface area contributed by atoms with E-state index in [1.807, 2.05) is 19.1 Å². The first-order valence-electron chi connectivity index (χ1n) is 5.49. The lowest BCUT2D eigenvalue weighted by molar-refractivity contribution is 0.628. The molecule has 4 heteroatoms. The van der Waals surface area contributed by atoms with E-state index in [2.05, 4.69) is 5.32 Å². The lowest BCUT2D eigenvalue weighted by atomic mass is 10.1. The maximum absolute atomic E-state index is 13.1. The zero-order valence-electron chi connectivity index (χ0n) is 9.81. The molecular weight excluding hydrogens is 272 g/mol. The van der Waals surface area contributed by atoms with Gasteiger partial charge in [-0.25, -0.2) is 4.39 Å². The Morgan fingerprint density at radius 3 is 2.39 bits per heavy atom. The third-order valence-electron chi connectivity index (χ3n) is 2.60. The molecular formula is C14H12Cl2FN. The molecule has 2 aromatic carbocycles. The van der Waals surface area contributed by atoms with E-state index in [1.54, 1.807) is 12.1 Å². The zero-order valence-corrected chi connectivity index (χ0v) is 11.3. The smallest absolute Gasteiger partial charge is 0.125 e. The second kappa shape index (κ2) is 5.59. The average Bonchev–Trinajstić information content (AvgIpc) is 2.29. The van der Waals surface area contributed by atoms with Crippen LogP contribution in [0.15, 0.2) is 36.4 Å². The van der Waals surface area contributed by atoms with Crippen molar-refractivity contribution in [2.75, 3.05) is 5.32 Å². The number of hydrogen-bond donors (Lipinski definition) is 1. The molecule has 94 valence electrons. The summed E-state index contributed by atoms with van der Waals surface area (Å²) in [5.41, 5.74) is 2.71. The Kier molecular flexibility index (Phi) is 4.10. The molecule has 0 aliphatic carbocycles. The van der Waals surface area contributed by atoms with Gasteiger partial charge in [0, 0.05) is 22.3 Å². The van der Waals surface area contributed by atoms with Gasteiger partial charge in [0.25, 0.3) is 0 Å². The van der Waals surface area contributed by atoms with Crippen molar-refractivity contribution in [3.8, 4) is 0 Å². The Balaban J connectivity index is 2.13. The highest BCUT2D eigenvalue weighted by Gasteiger charge is 2.02. The van der Waals surface area contributed by atoms with Gasteiger partial charge in [0.2, 0.25) is 0 Å². The summed E-state index contributed by atoms with van der Waals surface area (Å²) in [5, 5.41) is 4.35. The monoisotopic (exact) mass is 283 g/mol. The lowest BCUT2D eigenvalue weighted by Gasteiger charge is -2.10. The molecule has 0 aromatic heterocycles. The molecule has 1 nitrogen and oxygen atoms in total. The third kappa shape index (κ3) is 3.37. The van der Waals surface area contributed by atoms with Crippen LogP contribution in [0.2, 0.25) is 10.0 Å². The molecule has 0 heterocycles. The molecule has 0 atom stereocenters. The highest BCUT2D eigenvalue weighted by atomic mass is 35.5. The van der Waals surface area contributed by atoms with Gasteiger partial charge in [-0.3, -0.25) is 0 Å². The van der Waals surface area contributed by atoms with Gasteiger partial charge in [0.1, 0.15) is 5.82 Å². The summed E-state index contributed by atoms with van der Waals surface area (Å²) in [4.78, 5) is 0. The normalized spacial score (nSPS) is 10.4. The first-order chi connectivity index (χ1) is 8.54. The van der Waals surface area contributed by atoms with Gasteiger partial charge in [0.15, 0.2) is 0 Å². The maximum Gasteiger partial charge on any atom is 0.125 e. The molecule has 2 aromatic rings. The van der Waals surface area contributed by atoms with Gasteiger partial charge in [-0.2, -0.15) is 0 Å². The molecule has 0 unspecified atom stereocenters. The summed E-state index contributed by atoms with van der Waals surface area (Å²) in [6.07, 6.45) is 0. The van der Waals surface area contributed by atoms with Crippen LogP contribution in [0, 0.1) is 12.7 Å². The Bertz CT molecular complexity index is 549. The van der Waals surface area contributed by atoms with Crippen LogP contribution in [0.25, 0.3) is 0 Å². The largest absolute Gasteiger partial charge is 0.381 e. The minimum atomic E-state index is -0.257. The molecule has 0 radical (unpaired) electrons. The van der Waals surface area contributed by atoms with Crippen molar-refractivity contribution in [3.63, 3.8) is 0 Å². The van der Waals surface area contributed by atoms with Gasteiger partial charge in [0.05, 0.1) is 0 Å². The van der Waals surface area contributed by atoms with E-state index in [1.165, 1.54) is 12.1 Å². The van der Waals surface area contributed by atoms with Crippen LogP contribution in [0.5, 0.6) is 0 Å². The number of rotatable bonds is 3. The van der Waals surface area contributed by atoms with Gasteiger partial charge < -0.3 is 5.32 Å². The van der Waals surface area contributed by atoms with Crippen LogP contribution < -0.4 is 5.32 Å². The van der Waals surface area contributed by atoms with Crippen LogP contribution in [0.1, 0.15) is 11.1 Å². The highest BCUT2D eigenvalue weighted by Crippen LogP contribution is 2.21. The Morgan fingerprint density at radius 2 is 1.72 bits per heavy atom. The van der Waals surface area contributed by atoms with E-state index < -0.39 is 0 Å². The minimum Gasteiger partial charge on any atom is -0.381 e. The maximum atomic E-state index is 13.1. The Hall–Kier alpha value is -1.25. The molecule has 0 saturated carbocycles. The second-order valence-corrected chi connectivity index (χ2v) is 4.96. The third-order valence-corrected chi connectivity index (χ3v) is 3.04. The molecule has 0 bridgehead atoms. The Morgan fingerprint density at radius 1 is 1.06 bits per heavy atom. The van der Waals surface area contributed by atoms with Gasteiger partial charge >= 0.3 is 0 Å². The first-order valence-corrected chi connectivity index (χ1v) is 6.25. The molecule has 0 amide bonds. The van der Waals surface area contributed by atoms with E-state index >= 15 is 0 Å². The Labute approximate surface area is 116 Å².